The van der Waals surface area contributed by atoms with Gasteiger partial charge in [-0.1, -0.05) is 48.0 Å². The van der Waals surface area contributed by atoms with Gasteiger partial charge >= 0.3 is 5.97 Å². The minimum atomic E-state index is -3.79. The first-order valence-corrected chi connectivity index (χ1v) is 11.6. The summed E-state index contributed by atoms with van der Waals surface area (Å²) in [6.45, 7) is 3.32. The van der Waals surface area contributed by atoms with E-state index in [1.54, 1.807) is 56.4 Å². The number of benzene rings is 1. The zero-order valence-corrected chi connectivity index (χ0v) is 18.6. The number of halogens is 1. The van der Waals surface area contributed by atoms with E-state index in [1.807, 2.05) is 0 Å². The molecule has 2 aromatic rings. The summed E-state index contributed by atoms with van der Waals surface area (Å²) in [5.41, 5.74) is 1.17. The molecule has 1 N–H and O–H groups in total. The molecule has 0 spiro atoms. The first kappa shape index (κ1) is 23.0. The number of carbonyl (C=O) groups excluding carboxylic acids is 1. The highest BCUT2D eigenvalue weighted by Crippen LogP contribution is 2.18. The fourth-order valence-corrected chi connectivity index (χ4v) is 4.79. The van der Waals surface area contributed by atoms with E-state index in [9.17, 15) is 23.1 Å². The molecule has 0 saturated carbocycles. The molecule has 1 unspecified atom stereocenters. The van der Waals surface area contributed by atoms with Crippen LogP contribution >= 0.6 is 15.9 Å². The number of aliphatic carboxylic acids is 1. The van der Waals surface area contributed by atoms with Crippen LogP contribution in [0.4, 0.5) is 0 Å². The summed E-state index contributed by atoms with van der Waals surface area (Å²) in [6.07, 6.45) is 3.09. The molecule has 29 heavy (non-hydrogen) atoms. The monoisotopic (exact) mass is 482 g/mol. The van der Waals surface area contributed by atoms with E-state index < -0.39 is 39.4 Å². The zero-order chi connectivity index (χ0) is 21.6. The van der Waals surface area contributed by atoms with Gasteiger partial charge in [0.05, 0.1) is 5.75 Å². The lowest BCUT2D eigenvalue weighted by Gasteiger charge is -2.31. The molecular weight excluding hydrogens is 460 g/mol. The number of carboxylic acids is 1. The molecule has 1 aromatic heterocycles. The molecule has 1 heterocycles. The van der Waals surface area contributed by atoms with Gasteiger partial charge in [-0.25, -0.2) is 13.2 Å². The smallest absolute Gasteiger partial charge is 0.326 e. The SMILES string of the molecule is CC(C)C(C(=O)O)N(Cc1cccnc1)C(=O)CS(=O)(=O)Cc1cccc(Br)c1. The molecule has 0 saturated heterocycles. The van der Waals surface area contributed by atoms with Crippen LogP contribution in [0.5, 0.6) is 0 Å². The number of hydrogen-bond acceptors (Lipinski definition) is 5. The van der Waals surface area contributed by atoms with Crippen LogP contribution in [0.3, 0.4) is 0 Å². The van der Waals surface area contributed by atoms with Crippen molar-refractivity contribution in [2.75, 3.05) is 5.75 Å². The molecule has 9 heteroatoms. The number of pyridine rings is 1. The average Bonchev–Trinajstić information content (AvgIpc) is 2.60. The zero-order valence-electron chi connectivity index (χ0n) is 16.2. The molecular formula is C20H23BrN2O5S. The molecule has 0 aliphatic heterocycles. The summed E-state index contributed by atoms with van der Waals surface area (Å²) >= 11 is 3.29. The topological polar surface area (TPSA) is 105 Å². The molecule has 2 rings (SSSR count). The Balaban J connectivity index is 2.26. The Morgan fingerprint density at radius 2 is 1.86 bits per heavy atom. The predicted molar refractivity (Wildman–Crippen MR) is 113 cm³/mol. The Hall–Kier alpha value is -2.26. The second kappa shape index (κ2) is 9.98. The summed E-state index contributed by atoms with van der Waals surface area (Å²) in [5, 5.41) is 9.64. The van der Waals surface area contributed by atoms with Gasteiger partial charge in [-0.3, -0.25) is 9.78 Å². The maximum Gasteiger partial charge on any atom is 0.326 e. The third-order valence-electron chi connectivity index (χ3n) is 4.24. The number of carbonyl (C=O) groups is 2. The van der Waals surface area contributed by atoms with Crippen molar-refractivity contribution in [1.82, 2.24) is 9.88 Å². The Morgan fingerprint density at radius 3 is 2.41 bits per heavy atom. The Bertz CT molecular complexity index is 964. The lowest BCUT2D eigenvalue weighted by molar-refractivity contribution is -0.151. The van der Waals surface area contributed by atoms with Crippen LogP contribution in [0.2, 0.25) is 0 Å². The number of amides is 1. The third-order valence-corrected chi connectivity index (χ3v) is 6.19. The van der Waals surface area contributed by atoms with Gasteiger partial charge in [-0.2, -0.15) is 0 Å². The van der Waals surface area contributed by atoms with Gasteiger partial charge in [-0.05, 0) is 35.2 Å². The minimum absolute atomic E-state index is 0.0335. The van der Waals surface area contributed by atoms with Gasteiger partial charge in [0.2, 0.25) is 5.91 Å². The van der Waals surface area contributed by atoms with E-state index in [-0.39, 0.29) is 12.3 Å². The molecule has 0 radical (unpaired) electrons. The maximum atomic E-state index is 12.9. The van der Waals surface area contributed by atoms with Crippen molar-refractivity contribution in [3.8, 4) is 0 Å². The fourth-order valence-electron chi connectivity index (χ4n) is 3.01. The molecule has 7 nitrogen and oxygen atoms in total. The van der Waals surface area contributed by atoms with E-state index in [0.29, 0.717) is 11.1 Å². The van der Waals surface area contributed by atoms with Crippen LogP contribution in [0, 0.1) is 5.92 Å². The Morgan fingerprint density at radius 1 is 1.17 bits per heavy atom. The average molecular weight is 483 g/mol. The highest BCUT2D eigenvalue weighted by atomic mass is 79.9. The summed E-state index contributed by atoms with van der Waals surface area (Å²) < 4.78 is 26.0. The Kier molecular flexibility index (Phi) is 7.92. The lowest BCUT2D eigenvalue weighted by Crippen LogP contribution is -2.49. The van der Waals surface area contributed by atoms with Gasteiger partial charge in [0, 0.05) is 23.4 Å². The summed E-state index contributed by atoms with van der Waals surface area (Å²) in [6, 6.07) is 9.05. The van der Waals surface area contributed by atoms with Crippen molar-refractivity contribution >= 4 is 37.6 Å². The molecule has 0 aliphatic rings. The fraction of sp³-hybridized carbons (Fsp3) is 0.350. The minimum Gasteiger partial charge on any atom is -0.480 e. The number of rotatable bonds is 9. The highest BCUT2D eigenvalue weighted by molar-refractivity contribution is 9.10. The van der Waals surface area contributed by atoms with Crippen molar-refractivity contribution in [1.29, 1.82) is 0 Å². The normalized spacial score (nSPS) is 12.6. The molecule has 1 amide bonds. The number of aromatic nitrogens is 1. The van der Waals surface area contributed by atoms with E-state index in [1.165, 1.54) is 6.20 Å². The predicted octanol–water partition coefficient (Wildman–Crippen LogP) is 2.90. The summed E-state index contributed by atoms with van der Waals surface area (Å²) in [5.74, 6) is -3.40. The van der Waals surface area contributed by atoms with Crippen molar-refractivity contribution in [2.45, 2.75) is 32.2 Å². The van der Waals surface area contributed by atoms with E-state index in [0.717, 1.165) is 9.37 Å². The number of nitrogens with zero attached hydrogens (tertiary/aromatic N) is 2. The van der Waals surface area contributed by atoms with Crippen molar-refractivity contribution in [3.63, 3.8) is 0 Å². The van der Waals surface area contributed by atoms with Crippen molar-refractivity contribution in [2.24, 2.45) is 5.92 Å². The van der Waals surface area contributed by atoms with Gasteiger partial charge in [0.25, 0.3) is 0 Å². The van der Waals surface area contributed by atoms with Crippen LogP contribution in [0.25, 0.3) is 0 Å². The van der Waals surface area contributed by atoms with Crippen LogP contribution in [0.15, 0.2) is 53.3 Å². The van der Waals surface area contributed by atoms with E-state index >= 15 is 0 Å². The van der Waals surface area contributed by atoms with Gasteiger partial charge < -0.3 is 10.0 Å². The second-order valence-corrected chi connectivity index (χ2v) is 10.1. The molecule has 0 bridgehead atoms. The number of hydrogen-bond donors (Lipinski definition) is 1. The van der Waals surface area contributed by atoms with E-state index in [2.05, 4.69) is 20.9 Å². The first-order chi connectivity index (χ1) is 13.6. The maximum absolute atomic E-state index is 12.9. The molecule has 0 fully saturated rings. The van der Waals surface area contributed by atoms with Gasteiger partial charge in [0.15, 0.2) is 9.84 Å². The molecule has 1 aromatic carbocycles. The van der Waals surface area contributed by atoms with Gasteiger partial charge in [0.1, 0.15) is 11.8 Å². The van der Waals surface area contributed by atoms with Crippen LogP contribution in [-0.2, 0) is 31.7 Å². The standard InChI is InChI=1S/C20H23BrN2O5S/c1-14(2)19(20(25)26)23(11-16-6-4-8-22-10-16)18(24)13-29(27,28)12-15-5-3-7-17(21)9-15/h3-10,14,19H,11-13H2,1-2H3,(H,25,26). The third kappa shape index (κ3) is 6.93. The summed E-state index contributed by atoms with van der Waals surface area (Å²) in [7, 11) is -3.79. The quantitative estimate of drug-likeness (QED) is 0.588. The van der Waals surface area contributed by atoms with Crippen molar-refractivity contribution < 1.29 is 23.1 Å². The van der Waals surface area contributed by atoms with Crippen molar-refractivity contribution in [3.05, 3.63) is 64.4 Å². The number of sulfone groups is 1. The van der Waals surface area contributed by atoms with Crippen LogP contribution in [0.1, 0.15) is 25.0 Å². The van der Waals surface area contributed by atoms with Crippen LogP contribution in [-0.4, -0.2) is 47.1 Å². The lowest BCUT2D eigenvalue weighted by atomic mass is 10.0. The van der Waals surface area contributed by atoms with Crippen LogP contribution < -0.4 is 0 Å². The summed E-state index contributed by atoms with van der Waals surface area (Å²) in [4.78, 5) is 29.8. The highest BCUT2D eigenvalue weighted by Gasteiger charge is 2.34. The first-order valence-electron chi connectivity index (χ1n) is 8.95. The molecule has 1 atom stereocenters. The van der Waals surface area contributed by atoms with E-state index in [4.69, 9.17) is 0 Å². The second-order valence-electron chi connectivity index (χ2n) is 7.07. The Labute approximate surface area is 178 Å². The van der Waals surface area contributed by atoms with Gasteiger partial charge in [-0.15, -0.1) is 0 Å². The number of carboxylic acid groups (broad SMARTS) is 1. The molecule has 156 valence electrons. The molecule has 0 aliphatic carbocycles. The largest absolute Gasteiger partial charge is 0.480 e.